The summed E-state index contributed by atoms with van der Waals surface area (Å²) in [5, 5.41) is 5.10. The molecule has 0 spiro atoms. The molecule has 0 amide bonds. The standard InChI is InChI=1S/C22H23N3O2S/c26-28(27,22-10-4-6-17-5-1-2-8-19(17)22)25-15-18-7-3-9-21(20(18)16-25)24-13-11-23-12-14-24/h1-10,23H,11-16H2. The molecule has 2 aliphatic heterocycles. The van der Waals surface area contributed by atoms with Gasteiger partial charge in [0.25, 0.3) is 0 Å². The predicted molar refractivity (Wildman–Crippen MR) is 112 cm³/mol. The van der Waals surface area contributed by atoms with Gasteiger partial charge in [-0.2, -0.15) is 4.31 Å². The summed E-state index contributed by atoms with van der Waals surface area (Å²) in [5.41, 5.74) is 3.43. The molecular weight excluding hydrogens is 370 g/mol. The van der Waals surface area contributed by atoms with E-state index in [9.17, 15) is 8.42 Å². The van der Waals surface area contributed by atoms with E-state index >= 15 is 0 Å². The van der Waals surface area contributed by atoms with Gasteiger partial charge in [0.05, 0.1) is 4.90 Å². The number of sulfonamides is 1. The summed E-state index contributed by atoms with van der Waals surface area (Å²) in [6.07, 6.45) is 0. The zero-order valence-corrected chi connectivity index (χ0v) is 16.5. The lowest BCUT2D eigenvalue weighted by atomic mass is 10.1. The van der Waals surface area contributed by atoms with Crippen LogP contribution in [0.15, 0.2) is 65.6 Å². The third-order valence-corrected chi connectivity index (χ3v) is 7.60. The van der Waals surface area contributed by atoms with E-state index in [0.717, 1.165) is 48.1 Å². The Balaban J connectivity index is 1.52. The fourth-order valence-electron chi connectivity index (χ4n) is 4.31. The van der Waals surface area contributed by atoms with Crippen LogP contribution in [0.25, 0.3) is 10.8 Å². The minimum Gasteiger partial charge on any atom is -0.369 e. The van der Waals surface area contributed by atoms with Crippen LogP contribution in [0.2, 0.25) is 0 Å². The zero-order valence-electron chi connectivity index (χ0n) is 15.6. The average Bonchev–Trinajstić information content (AvgIpc) is 3.19. The molecule has 0 aliphatic carbocycles. The number of nitrogens with zero attached hydrogens (tertiary/aromatic N) is 2. The molecule has 1 N–H and O–H groups in total. The van der Waals surface area contributed by atoms with E-state index in [1.165, 1.54) is 5.69 Å². The lowest BCUT2D eigenvalue weighted by Gasteiger charge is -2.31. The molecule has 0 unspecified atom stereocenters. The Labute approximate surface area is 165 Å². The van der Waals surface area contributed by atoms with Gasteiger partial charge in [0, 0.05) is 50.3 Å². The summed E-state index contributed by atoms with van der Waals surface area (Å²) in [7, 11) is -3.58. The SMILES string of the molecule is O=S(=O)(c1cccc2ccccc12)N1Cc2cccc(N3CCNCC3)c2C1. The molecule has 0 atom stereocenters. The summed E-state index contributed by atoms with van der Waals surface area (Å²) in [4.78, 5) is 2.76. The van der Waals surface area contributed by atoms with Gasteiger partial charge < -0.3 is 10.2 Å². The van der Waals surface area contributed by atoms with Gasteiger partial charge in [-0.25, -0.2) is 8.42 Å². The number of piperazine rings is 1. The maximum absolute atomic E-state index is 13.5. The van der Waals surface area contributed by atoms with Crippen molar-refractivity contribution >= 4 is 26.5 Å². The summed E-state index contributed by atoms with van der Waals surface area (Å²) < 4.78 is 28.6. The maximum atomic E-state index is 13.5. The summed E-state index contributed by atoms with van der Waals surface area (Å²) in [6, 6.07) is 19.4. The van der Waals surface area contributed by atoms with Crippen LogP contribution in [0.4, 0.5) is 5.69 Å². The van der Waals surface area contributed by atoms with E-state index < -0.39 is 10.0 Å². The average molecular weight is 394 g/mol. The van der Waals surface area contributed by atoms with Gasteiger partial charge in [0.2, 0.25) is 10.0 Å². The van der Waals surface area contributed by atoms with Crippen LogP contribution in [0, 0.1) is 0 Å². The Morgan fingerprint density at radius 1 is 0.821 bits per heavy atom. The van der Waals surface area contributed by atoms with Gasteiger partial charge in [0.15, 0.2) is 0 Å². The second-order valence-corrected chi connectivity index (χ2v) is 9.31. The van der Waals surface area contributed by atoms with Crippen molar-refractivity contribution in [1.82, 2.24) is 9.62 Å². The van der Waals surface area contributed by atoms with Gasteiger partial charge in [-0.1, -0.05) is 48.5 Å². The number of hydrogen-bond donors (Lipinski definition) is 1. The van der Waals surface area contributed by atoms with Gasteiger partial charge in [-0.15, -0.1) is 0 Å². The van der Waals surface area contributed by atoms with E-state index in [4.69, 9.17) is 0 Å². The first-order chi connectivity index (χ1) is 13.6. The van der Waals surface area contributed by atoms with E-state index in [1.807, 2.05) is 42.5 Å². The van der Waals surface area contributed by atoms with E-state index in [0.29, 0.717) is 18.0 Å². The second kappa shape index (κ2) is 6.88. The second-order valence-electron chi connectivity index (χ2n) is 7.40. The smallest absolute Gasteiger partial charge is 0.244 e. The first-order valence-corrected chi connectivity index (χ1v) is 11.1. The van der Waals surface area contributed by atoms with Gasteiger partial charge in [-0.3, -0.25) is 0 Å². The highest BCUT2D eigenvalue weighted by atomic mass is 32.2. The fraction of sp³-hybridized carbons (Fsp3) is 0.273. The molecule has 5 nitrogen and oxygen atoms in total. The van der Waals surface area contributed by atoms with Crippen molar-refractivity contribution in [1.29, 1.82) is 0 Å². The molecule has 5 rings (SSSR count). The molecule has 2 heterocycles. The largest absolute Gasteiger partial charge is 0.369 e. The Morgan fingerprint density at radius 3 is 2.43 bits per heavy atom. The van der Waals surface area contributed by atoms with Crippen molar-refractivity contribution in [2.45, 2.75) is 18.0 Å². The molecule has 0 radical (unpaired) electrons. The van der Waals surface area contributed by atoms with Gasteiger partial charge in [-0.05, 0) is 28.6 Å². The quantitative estimate of drug-likeness (QED) is 0.743. The normalized spacial score (nSPS) is 17.8. The highest BCUT2D eigenvalue weighted by Crippen LogP contribution is 2.36. The molecule has 0 saturated carbocycles. The van der Waals surface area contributed by atoms with Crippen LogP contribution in [-0.4, -0.2) is 38.9 Å². The molecule has 28 heavy (non-hydrogen) atoms. The summed E-state index contributed by atoms with van der Waals surface area (Å²) >= 11 is 0. The van der Waals surface area contributed by atoms with Crippen molar-refractivity contribution in [3.63, 3.8) is 0 Å². The summed E-state index contributed by atoms with van der Waals surface area (Å²) in [6.45, 7) is 4.68. The molecule has 2 aliphatic rings. The van der Waals surface area contributed by atoms with Crippen LogP contribution in [0.1, 0.15) is 11.1 Å². The number of nitrogens with one attached hydrogen (secondary N) is 1. The van der Waals surface area contributed by atoms with Crippen LogP contribution >= 0.6 is 0 Å². The number of benzene rings is 3. The van der Waals surface area contributed by atoms with Crippen molar-refractivity contribution in [2.75, 3.05) is 31.1 Å². The molecule has 144 valence electrons. The van der Waals surface area contributed by atoms with Crippen molar-refractivity contribution in [2.24, 2.45) is 0 Å². The number of rotatable bonds is 3. The first-order valence-electron chi connectivity index (χ1n) is 9.69. The van der Waals surface area contributed by atoms with Crippen LogP contribution < -0.4 is 10.2 Å². The minimum atomic E-state index is -3.58. The van der Waals surface area contributed by atoms with Crippen molar-refractivity contribution in [3.05, 3.63) is 71.8 Å². The van der Waals surface area contributed by atoms with Crippen LogP contribution in [-0.2, 0) is 23.1 Å². The third kappa shape index (κ3) is 2.89. The fourth-order valence-corrected chi connectivity index (χ4v) is 5.91. The molecule has 1 saturated heterocycles. The first kappa shape index (κ1) is 17.7. The van der Waals surface area contributed by atoms with Crippen LogP contribution in [0.3, 0.4) is 0 Å². The maximum Gasteiger partial charge on any atom is 0.244 e. The topological polar surface area (TPSA) is 52.7 Å². The summed E-state index contributed by atoms with van der Waals surface area (Å²) in [5.74, 6) is 0. The van der Waals surface area contributed by atoms with Gasteiger partial charge >= 0.3 is 0 Å². The number of hydrogen-bond acceptors (Lipinski definition) is 4. The Hall–Kier alpha value is -2.41. The molecule has 3 aromatic rings. The molecule has 0 aromatic heterocycles. The molecular formula is C22H23N3O2S. The van der Waals surface area contributed by atoms with Crippen molar-refractivity contribution in [3.8, 4) is 0 Å². The lowest BCUT2D eigenvalue weighted by Crippen LogP contribution is -2.43. The zero-order chi connectivity index (χ0) is 19.1. The van der Waals surface area contributed by atoms with Gasteiger partial charge in [0.1, 0.15) is 0 Å². The highest BCUT2D eigenvalue weighted by Gasteiger charge is 2.33. The molecule has 3 aromatic carbocycles. The minimum absolute atomic E-state index is 0.391. The van der Waals surface area contributed by atoms with E-state index in [2.05, 4.69) is 22.3 Å². The monoisotopic (exact) mass is 393 g/mol. The molecule has 0 bridgehead atoms. The van der Waals surface area contributed by atoms with E-state index in [-0.39, 0.29) is 0 Å². The number of anilines is 1. The molecule has 1 fully saturated rings. The Morgan fingerprint density at radius 2 is 1.57 bits per heavy atom. The Kier molecular flexibility index (Phi) is 4.34. The highest BCUT2D eigenvalue weighted by molar-refractivity contribution is 7.89. The molecule has 6 heteroatoms. The lowest BCUT2D eigenvalue weighted by molar-refractivity contribution is 0.432. The van der Waals surface area contributed by atoms with E-state index in [1.54, 1.807) is 10.4 Å². The van der Waals surface area contributed by atoms with Crippen LogP contribution in [0.5, 0.6) is 0 Å². The van der Waals surface area contributed by atoms with Crippen molar-refractivity contribution < 1.29 is 8.42 Å². The number of fused-ring (bicyclic) bond motifs is 2. The predicted octanol–water partition coefficient (Wildman–Crippen LogP) is 2.95. The third-order valence-electron chi connectivity index (χ3n) is 5.75. The Bertz CT molecular complexity index is 1130.